The Balaban J connectivity index is 1.96. The van der Waals surface area contributed by atoms with Crippen LogP contribution in [0.1, 0.15) is 29.5 Å². The molecule has 0 aliphatic carbocycles. The van der Waals surface area contributed by atoms with Gasteiger partial charge in [-0.15, -0.1) is 0 Å². The fourth-order valence-electron chi connectivity index (χ4n) is 3.53. The number of rotatable bonds is 2. The largest absolute Gasteiger partial charge is 0.370 e. The van der Waals surface area contributed by atoms with Crippen molar-refractivity contribution in [2.45, 2.75) is 33.1 Å². The number of benzene rings is 2. The summed E-state index contributed by atoms with van der Waals surface area (Å²) in [6.45, 7) is 5.32. The maximum atomic E-state index is 5.05. The van der Waals surface area contributed by atoms with Gasteiger partial charge >= 0.3 is 0 Å². The average molecular weight is 317 g/mol. The Labute approximate surface area is 143 Å². The van der Waals surface area contributed by atoms with Crippen LogP contribution >= 0.6 is 0 Å². The number of aromatic nitrogens is 2. The average Bonchev–Trinajstić information content (AvgIpc) is 2.78. The van der Waals surface area contributed by atoms with E-state index in [-0.39, 0.29) is 0 Å². The molecule has 24 heavy (non-hydrogen) atoms. The van der Waals surface area contributed by atoms with Crippen LogP contribution in [-0.4, -0.2) is 16.3 Å². The first-order chi connectivity index (χ1) is 11.8. The van der Waals surface area contributed by atoms with E-state index in [9.17, 15) is 0 Å². The number of fused-ring (bicyclic) bond motifs is 1. The molecule has 3 aromatic rings. The molecule has 0 saturated carbocycles. The predicted octanol–water partition coefficient (Wildman–Crippen LogP) is 4.90. The number of nitrogens with zero attached hydrogens (tertiary/aromatic N) is 2. The molecule has 0 atom stereocenters. The number of hydrogen-bond donors (Lipinski definition) is 1. The summed E-state index contributed by atoms with van der Waals surface area (Å²) in [7, 11) is 0. The zero-order valence-electron chi connectivity index (χ0n) is 14.3. The zero-order valence-corrected chi connectivity index (χ0v) is 14.3. The summed E-state index contributed by atoms with van der Waals surface area (Å²) in [6, 6.07) is 17.0. The minimum absolute atomic E-state index is 1.01. The lowest BCUT2D eigenvalue weighted by molar-refractivity contribution is 0.779. The van der Waals surface area contributed by atoms with Gasteiger partial charge in [0.2, 0.25) is 0 Å². The second kappa shape index (κ2) is 6.16. The van der Waals surface area contributed by atoms with E-state index < -0.39 is 0 Å². The summed E-state index contributed by atoms with van der Waals surface area (Å²) < 4.78 is 2.11. The molecule has 0 amide bonds. The summed E-state index contributed by atoms with van der Waals surface area (Å²) in [5, 5.41) is 8.68. The Bertz CT molecular complexity index is 807. The van der Waals surface area contributed by atoms with Crippen LogP contribution in [0.4, 0.5) is 5.82 Å². The van der Waals surface area contributed by atoms with Crippen LogP contribution in [0.25, 0.3) is 16.9 Å². The van der Waals surface area contributed by atoms with Gasteiger partial charge < -0.3 is 5.32 Å². The van der Waals surface area contributed by atoms with Crippen LogP contribution in [0, 0.1) is 13.8 Å². The van der Waals surface area contributed by atoms with Gasteiger partial charge in [-0.05, 0) is 50.3 Å². The molecule has 2 aromatic carbocycles. The van der Waals surface area contributed by atoms with Crippen molar-refractivity contribution in [2.24, 2.45) is 0 Å². The molecule has 4 rings (SSSR count). The Hall–Kier alpha value is -2.55. The predicted molar refractivity (Wildman–Crippen MR) is 99.9 cm³/mol. The van der Waals surface area contributed by atoms with Gasteiger partial charge in [-0.2, -0.15) is 5.10 Å². The molecule has 1 N–H and O–H groups in total. The first-order valence-corrected chi connectivity index (χ1v) is 8.73. The van der Waals surface area contributed by atoms with Crippen molar-refractivity contribution in [1.82, 2.24) is 9.78 Å². The molecular formula is C21H23N3. The number of anilines is 1. The van der Waals surface area contributed by atoms with E-state index >= 15 is 0 Å². The first kappa shape index (κ1) is 15.0. The second-order valence-electron chi connectivity index (χ2n) is 6.57. The normalized spacial score (nSPS) is 13.9. The molecular weight excluding hydrogens is 294 g/mol. The molecule has 0 spiro atoms. The smallest absolute Gasteiger partial charge is 0.133 e. The Morgan fingerprint density at radius 1 is 0.917 bits per heavy atom. The van der Waals surface area contributed by atoms with Crippen molar-refractivity contribution in [3.63, 3.8) is 0 Å². The van der Waals surface area contributed by atoms with E-state index in [0.29, 0.717) is 0 Å². The lowest BCUT2D eigenvalue weighted by Gasteiger charge is -2.11. The van der Waals surface area contributed by atoms with Crippen LogP contribution < -0.4 is 5.32 Å². The van der Waals surface area contributed by atoms with Crippen molar-refractivity contribution in [3.8, 4) is 16.9 Å². The molecule has 122 valence electrons. The van der Waals surface area contributed by atoms with Gasteiger partial charge in [0, 0.05) is 17.7 Å². The molecule has 1 aromatic heterocycles. The maximum Gasteiger partial charge on any atom is 0.133 e. The van der Waals surface area contributed by atoms with Crippen LogP contribution in [0.5, 0.6) is 0 Å². The Morgan fingerprint density at radius 3 is 2.46 bits per heavy atom. The molecule has 3 heteroatoms. The summed E-state index contributed by atoms with van der Waals surface area (Å²) in [4.78, 5) is 0. The SMILES string of the molecule is Cc1ccccc1-c1nn(-c2ccccc2C)c2c1CCCCN2. The highest BCUT2D eigenvalue weighted by atomic mass is 15.3. The van der Waals surface area contributed by atoms with Crippen LogP contribution in [-0.2, 0) is 6.42 Å². The van der Waals surface area contributed by atoms with E-state index in [1.165, 1.54) is 40.9 Å². The minimum Gasteiger partial charge on any atom is -0.370 e. The maximum absolute atomic E-state index is 5.05. The minimum atomic E-state index is 1.01. The summed E-state index contributed by atoms with van der Waals surface area (Å²) in [5.41, 5.74) is 7.39. The fraction of sp³-hybridized carbons (Fsp3) is 0.286. The van der Waals surface area contributed by atoms with E-state index in [0.717, 1.165) is 24.3 Å². The topological polar surface area (TPSA) is 29.9 Å². The number of nitrogens with one attached hydrogen (secondary N) is 1. The van der Waals surface area contributed by atoms with Crippen molar-refractivity contribution in [2.75, 3.05) is 11.9 Å². The van der Waals surface area contributed by atoms with Gasteiger partial charge in [0.15, 0.2) is 0 Å². The fourth-order valence-corrected chi connectivity index (χ4v) is 3.53. The standard InChI is InChI=1S/C21H23N3/c1-15-9-3-5-11-17(15)20-18-12-7-8-14-22-21(18)24(23-20)19-13-6-4-10-16(19)2/h3-6,9-11,13,22H,7-8,12,14H2,1-2H3. The highest BCUT2D eigenvalue weighted by molar-refractivity contribution is 5.73. The number of hydrogen-bond acceptors (Lipinski definition) is 2. The summed E-state index contributed by atoms with van der Waals surface area (Å²) in [6.07, 6.45) is 3.49. The van der Waals surface area contributed by atoms with Gasteiger partial charge in [0.25, 0.3) is 0 Å². The number of para-hydroxylation sites is 1. The summed E-state index contributed by atoms with van der Waals surface area (Å²) >= 11 is 0. The zero-order chi connectivity index (χ0) is 16.5. The Morgan fingerprint density at radius 2 is 1.67 bits per heavy atom. The second-order valence-corrected chi connectivity index (χ2v) is 6.57. The van der Waals surface area contributed by atoms with Crippen molar-refractivity contribution >= 4 is 5.82 Å². The van der Waals surface area contributed by atoms with Gasteiger partial charge in [-0.3, -0.25) is 0 Å². The van der Waals surface area contributed by atoms with E-state index in [1.807, 2.05) is 0 Å². The van der Waals surface area contributed by atoms with Crippen molar-refractivity contribution in [1.29, 1.82) is 0 Å². The molecule has 1 aliphatic heterocycles. The van der Waals surface area contributed by atoms with E-state index in [2.05, 4.69) is 72.4 Å². The van der Waals surface area contributed by atoms with Crippen LogP contribution in [0.2, 0.25) is 0 Å². The third-order valence-electron chi connectivity index (χ3n) is 4.87. The van der Waals surface area contributed by atoms with E-state index in [1.54, 1.807) is 0 Å². The lowest BCUT2D eigenvalue weighted by Crippen LogP contribution is -2.08. The van der Waals surface area contributed by atoms with Crippen molar-refractivity contribution in [3.05, 3.63) is 65.2 Å². The number of aryl methyl sites for hydroxylation is 2. The van der Waals surface area contributed by atoms with Crippen LogP contribution in [0.15, 0.2) is 48.5 Å². The quantitative estimate of drug-likeness (QED) is 0.728. The van der Waals surface area contributed by atoms with Gasteiger partial charge in [0.1, 0.15) is 5.82 Å². The molecule has 1 aliphatic rings. The molecule has 0 saturated heterocycles. The highest BCUT2D eigenvalue weighted by Crippen LogP contribution is 2.35. The molecule has 0 radical (unpaired) electrons. The van der Waals surface area contributed by atoms with Crippen LogP contribution in [0.3, 0.4) is 0 Å². The van der Waals surface area contributed by atoms with E-state index in [4.69, 9.17) is 5.10 Å². The van der Waals surface area contributed by atoms with Gasteiger partial charge in [-0.1, -0.05) is 42.5 Å². The van der Waals surface area contributed by atoms with Gasteiger partial charge in [0.05, 0.1) is 11.4 Å². The first-order valence-electron chi connectivity index (χ1n) is 8.73. The molecule has 2 heterocycles. The van der Waals surface area contributed by atoms with Crippen molar-refractivity contribution < 1.29 is 0 Å². The molecule has 0 bridgehead atoms. The lowest BCUT2D eigenvalue weighted by atomic mass is 10.00. The molecule has 0 unspecified atom stereocenters. The monoisotopic (exact) mass is 317 g/mol. The highest BCUT2D eigenvalue weighted by Gasteiger charge is 2.22. The Kier molecular flexibility index (Phi) is 3.85. The third-order valence-corrected chi connectivity index (χ3v) is 4.87. The summed E-state index contributed by atoms with van der Waals surface area (Å²) in [5.74, 6) is 1.17. The molecule has 3 nitrogen and oxygen atoms in total. The van der Waals surface area contributed by atoms with Gasteiger partial charge in [-0.25, -0.2) is 4.68 Å². The molecule has 0 fully saturated rings. The third kappa shape index (κ3) is 2.50.